The summed E-state index contributed by atoms with van der Waals surface area (Å²) in [4.78, 5) is 13.1. The normalized spacial score (nSPS) is 20.0. The Hall–Kier alpha value is -1.26. The van der Waals surface area contributed by atoms with Gasteiger partial charge in [-0.25, -0.2) is 4.79 Å². The molecule has 86 valence electrons. The number of cyclic esters (lactones) is 1. The molecule has 1 aliphatic rings. The number of nitrogens with two attached hydrogens (primary N) is 1. The molecule has 5 heteroatoms. The van der Waals surface area contributed by atoms with E-state index in [-0.39, 0.29) is 12.2 Å². The second kappa shape index (κ2) is 4.72. The zero-order chi connectivity index (χ0) is 11.5. The third-order valence-corrected chi connectivity index (χ3v) is 2.82. The zero-order valence-corrected chi connectivity index (χ0v) is 9.48. The van der Waals surface area contributed by atoms with Crippen LogP contribution < -0.4 is 10.6 Å². The first-order chi connectivity index (χ1) is 7.74. The van der Waals surface area contributed by atoms with Crippen molar-refractivity contribution in [3.8, 4) is 0 Å². The zero-order valence-electron chi connectivity index (χ0n) is 8.73. The number of amides is 1. The molecule has 0 aromatic heterocycles. The van der Waals surface area contributed by atoms with Gasteiger partial charge in [-0.1, -0.05) is 12.1 Å². The van der Waals surface area contributed by atoms with Crippen LogP contribution in [0.1, 0.15) is 5.56 Å². The SMILES string of the molecule is NC[C@H]1CN(c2cccc(CCl)c2)C(=O)O1. The number of halogens is 1. The molecule has 1 atom stereocenters. The minimum atomic E-state index is -0.345. The molecule has 1 aliphatic heterocycles. The van der Waals surface area contributed by atoms with Crippen molar-refractivity contribution in [2.75, 3.05) is 18.0 Å². The molecule has 0 unspecified atom stereocenters. The van der Waals surface area contributed by atoms with Crippen LogP contribution >= 0.6 is 11.6 Å². The Labute approximate surface area is 98.9 Å². The second-order valence-corrected chi connectivity index (χ2v) is 3.92. The molecule has 0 spiro atoms. The van der Waals surface area contributed by atoms with Gasteiger partial charge in [0.15, 0.2) is 0 Å². The first-order valence-electron chi connectivity index (χ1n) is 5.07. The summed E-state index contributed by atoms with van der Waals surface area (Å²) in [6, 6.07) is 7.53. The highest BCUT2D eigenvalue weighted by Gasteiger charge is 2.31. The molecule has 1 aromatic carbocycles. The van der Waals surface area contributed by atoms with Crippen LogP contribution in [0.2, 0.25) is 0 Å². The van der Waals surface area contributed by atoms with Gasteiger partial charge in [0.05, 0.1) is 6.54 Å². The summed E-state index contributed by atoms with van der Waals surface area (Å²) in [6.45, 7) is 0.846. The van der Waals surface area contributed by atoms with Crippen molar-refractivity contribution in [2.24, 2.45) is 5.73 Å². The van der Waals surface area contributed by atoms with Gasteiger partial charge >= 0.3 is 6.09 Å². The third-order valence-electron chi connectivity index (χ3n) is 2.51. The van der Waals surface area contributed by atoms with E-state index in [1.54, 1.807) is 4.90 Å². The molecule has 1 aromatic rings. The lowest BCUT2D eigenvalue weighted by Crippen LogP contribution is -2.27. The summed E-state index contributed by atoms with van der Waals surface area (Å²) in [6.07, 6.45) is -0.561. The van der Waals surface area contributed by atoms with Crippen molar-refractivity contribution >= 4 is 23.4 Å². The summed E-state index contributed by atoms with van der Waals surface area (Å²) in [5, 5.41) is 0. The van der Waals surface area contributed by atoms with E-state index in [1.807, 2.05) is 24.3 Å². The van der Waals surface area contributed by atoms with E-state index in [0.29, 0.717) is 19.0 Å². The van der Waals surface area contributed by atoms with E-state index in [4.69, 9.17) is 22.1 Å². The van der Waals surface area contributed by atoms with Crippen molar-refractivity contribution in [1.82, 2.24) is 0 Å². The molecule has 4 nitrogen and oxygen atoms in total. The highest BCUT2D eigenvalue weighted by atomic mass is 35.5. The van der Waals surface area contributed by atoms with Crippen LogP contribution in [0.4, 0.5) is 10.5 Å². The maximum atomic E-state index is 11.6. The molecule has 1 saturated heterocycles. The highest BCUT2D eigenvalue weighted by Crippen LogP contribution is 2.22. The van der Waals surface area contributed by atoms with Gasteiger partial charge in [0.25, 0.3) is 0 Å². The highest BCUT2D eigenvalue weighted by molar-refractivity contribution is 6.17. The second-order valence-electron chi connectivity index (χ2n) is 3.66. The van der Waals surface area contributed by atoms with Gasteiger partial charge in [0.1, 0.15) is 6.10 Å². The van der Waals surface area contributed by atoms with Gasteiger partial charge in [0, 0.05) is 18.1 Å². The monoisotopic (exact) mass is 240 g/mol. The topological polar surface area (TPSA) is 55.6 Å². The third kappa shape index (κ3) is 2.13. The number of anilines is 1. The number of rotatable bonds is 3. The predicted molar refractivity (Wildman–Crippen MR) is 62.7 cm³/mol. The lowest BCUT2D eigenvalue weighted by atomic mass is 10.2. The van der Waals surface area contributed by atoms with Crippen molar-refractivity contribution in [3.63, 3.8) is 0 Å². The minimum Gasteiger partial charge on any atom is -0.443 e. The van der Waals surface area contributed by atoms with Gasteiger partial charge in [-0.3, -0.25) is 4.90 Å². The van der Waals surface area contributed by atoms with Crippen LogP contribution in [0.25, 0.3) is 0 Å². The maximum Gasteiger partial charge on any atom is 0.414 e. The van der Waals surface area contributed by atoms with Crippen LogP contribution in [-0.2, 0) is 10.6 Å². The van der Waals surface area contributed by atoms with E-state index in [1.165, 1.54) is 0 Å². The van der Waals surface area contributed by atoms with Crippen LogP contribution in [0.15, 0.2) is 24.3 Å². The summed E-state index contributed by atoms with van der Waals surface area (Å²) in [5.41, 5.74) is 7.25. The Bertz CT molecular complexity index is 397. The van der Waals surface area contributed by atoms with Gasteiger partial charge in [-0.05, 0) is 17.7 Å². The Balaban J connectivity index is 2.20. The molecule has 1 fully saturated rings. The summed E-state index contributed by atoms with van der Waals surface area (Å²) in [7, 11) is 0. The van der Waals surface area contributed by atoms with Crippen molar-refractivity contribution < 1.29 is 9.53 Å². The number of nitrogens with zero attached hydrogens (tertiary/aromatic N) is 1. The molecule has 0 bridgehead atoms. The molecule has 0 aliphatic carbocycles. The fourth-order valence-corrected chi connectivity index (χ4v) is 1.83. The molecule has 1 heterocycles. The summed E-state index contributed by atoms with van der Waals surface area (Å²) < 4.78 is 5.08. The summed E-state index contributed by atoms with van der Waals surface area (Å²) in [5.74, 6) is 0.428. The molecular formula is C11H13ClN2O2. The lowest BCUT2D eigenvalue weighted by molar-refractivity contribution is 0.145. The number of carbonyl (C=O) groups excluding carboxylic acids is 1. The van der Waals surface area contributed by atoms with E-state index in [9.17, 15) is 4.79 Å². The number of ether oxygens (including phenoxy) is 1. The van der Waals surface area contributed by atoms with Gasteiger partial charge in [0.2, 0.25) is 0 Å². The standard InChI is InChI=1S/C11H13ClN2O2/c12-5-8-2-1-3-9(4-8)14-7-10(6-13)16-11(14)15/h1-4,10H,5-7,13H2/t10-/m0/s1. The number of benzene rings is 1. The van der Waals surface area contributed by atoms with Crippen molar-refractivity contribution in [1.29, 1.82) is 0 Å². The number of carbonyl (C=O) groups is 1. The molecule has 0 radical (unpaired) electrons. The van der Waals surface area contributed by atoms with E-state index < -0.39 is 0 Å². The fourth-order valence-electron chi connectivity index (χ4n) is 1.66. The Kier molecular flexibility index (Phi) is 3.31. The Morgan fingerprint density at radius 1 is 1.56 bits per heavy atom. The van der Waals surface area contributed by atoms with Crippen molar-refractivity contribution in [3.05, 3.63) is 29.8 Å². The number of hydrogen-bond acceptors (Lipinski definition) is 3. The Morgan fingerprint density at radius 3 is 3.00 bits per heavy atom. The van der Waals surface area contributed by atoms with Gasteiger partial charge in [-0.15, -0.1) is 11.6 Å². The number of hydrogen-bond donors (Lipinski definition) is 1. The maximum absolute atomic E-state index is 11.6. The van der Waals surface area contributed by atoms with Crippen LogP contribution in [0, 0.1) is 0 Å². The van der Waals surface area contributed by atoms with Crippen LogP contribution in [0.3, 0.4) is 0 Å². The molecule has 2 N–H and O–H groups in total. The molecular weight excluding hydrogens is 228 g/mol. The van der Waals surface area contributed by atoms with E-state index >= 15 is 0 Å². The van der Waals surface area contributed by atoms with Crippen LogP contribution in [0.5, 0.6) is 0 Å². The van der Waals surface area contributed by atoms with E-state index in [2.05, 4.69) is 0 Å². The average Bonchev–Trinajstić information content (AvgIpc) is 2.71. The Morgan fingerprint density at radius 2 is 2.38 bits per heavy atom. The van der Waals surface area contributed by atoms with Gasteiger partial charge < -0.3 is 10.5 Å². The molecule has 16 heavy (non-hydrogen) atoms. The first kappa shape index (κ1) is 11.2. The van der Waals surface area contributed by atoms with Crippen molar-refractivity contribution in [2.45, 2.75) is 12.0 Å². The molecule has 0 saturated carbocycles. The molecule has 2 rings (SSSR count). The lowest BCUT2D eigenvalue weighted by Gasteiger charge is -2.13. The smallest absolute Gasteiger partial charge is 0.414 e. The molecule has 1 amide bonds. The van der Waals surface area contributed by atoms with E-state index in [0.717, 1.165) is 11.3 Å². The predicted octanol–water partition coefficient (Wildman–Crippen LogP) is 1.71. The quantitative estimate of drug-likeness (QED) is 0.819. The summed E-state index contributed by atoms with van der Waals surface area (Å²) >= 11 is 5.74. The largest absolute Gasteiger partial charge is 0.443 e. The fraction of sp³-hybridized carbons (Fsp3) is 0.364. The average molecular weight is 241 g/mol. The van der Waals surface area contributed by atoms with Gasteiger partial charge in [-0.2, -0.15) is 0 Å². The minimum absolute atomic E-state index is 0.216. The number of alkyl halides is 1. The first-order valence-corrected chi connectivity index (χ1v) is 5.61. The van der Waals surface area contributed by atoms with Crippen LogP contribution in [-0.4, -0.2) is 25.3 Å².